The Balaban J connectivity index is 1.80. The molecule has 4 N–H and O–H groups in total. The summed E-state index contributed by atoms with van der Waals surface area (Å²) in [4.78, 5) is 40.5. The predicted octanol–water partition coefficient (Wildman–Crippen LogP) is 2.95. The fourth-order valence-electron chi connectivity index (χ4n) is 3.89. The molecule has 0 atom stereocenters. The second-order valence-electron chi connectivity index (χ2n) is 7.69. The summed E-state index contributed by atoms with van der Waals surface area (Å²) < 4.78 is 1.78. The largest absolute Gasteiger partial charge is 0.365 e. The lowest BCUT2D eigenvalue weighted by Gasteiger charge is -2.06. The van der Waals surface area contributed by atoms with Gasteiger partial charge in [0.15, 0.2) is 5.65 Å². The van der Waals surface area contributed by atoms with Crippen molar-refractivity contribution in [1.82, 2.24) is 24.3 Å². The second-order valence-corrected chi connectivity index (χ2v) is 8.59. The Kier molecular flexibility index (Phi) is 3.64. The van der Waals surface area contributed by atoms with Crippen molar-refractivity contribution in [2.75, 3.05) is 0 Å². The number of nitrogens with one attached hydrogen (secondary N) is 2. The number of rotatable bonds is 2. The van der Waals surface area contributed by atoms with Crippen LogP contribution in [0.15, 0.2) is 28.5 Å². The number of benzene rings is 1. The van der Waals surface area contributed by atoms with Crippen LogP contribution in [0.3, 0.4) is 0 Å². The summed E-state index contributed by atoms with van der Waals surface area (Å²) in [6.07, 6.45) is 3.93. The molecular formula is C22H16N6O2S. The molecule has 0 saturated heterocycles. The van der Waals surface area contributed by atoms with Gasteiger partial charge >= 0.3 is 0 Å². The number of carbonyl (C=O) groups is 1. The van der Waals surface area contributed by atoms with Crippen molar-refractivity contribution >= 4 is 45.1 Å². The van der Waals surface area contributed by atoms with Crippen molar-refractivity contribution < 1.29 is 4.79 Å². The number of nitrogens with zero attached hydrogens (tertiary/aromatic N) is 3. The molecule has 0 radical (unpaired) electrons. The number of carbonyl (C=O) groups excluding carboxylic acids is 1. The molecule has 4 heterocycles. The highest BCUT2D eigenvalue weighted by molar-refractivity contribution is 7.13. The Morgan fingerprint density at radius 1 is 1.32 bits per heavy atom. The van der Waals surface area contributed by atoms with E-state index in [-0.39, 0.29) is 11.0 Å². The van der Waals surface area contributed by atoms with Crippen molar-refractivity contribution in [3.05, 3.63) is 50.8 Å². The standard InChI is InChI=1S/C22H16N6O2S/c1-10-2-7-13(29)16-18(10)28-20(27-16)14(19(23)30)17-21(28)25-12(6-5-11-3-4-11)15(26-17)22-24-8-9-31-22/h2,7-9,11,25-26H,3-4H2,1H3,(H2,23,30). The van der Waals surface area contributed by atoms with Gasteiger partial charge in [0, 0.05) is 17.5 Å². The Morgan fingerprint density at radius 3 is 2.87 bits per heavy atom. The maximum absolute atomic E-state index is 12.5. The van der Waals surface area contributed by atoms with Crippen LogP contribution >= 0.6 is 11.3 Å². The molecule has 9 heteroatoms. The zero-order valence-electron chi connectivity index (χ0n) is 16.4. The summed E-state index contributed by atoms with van der Waals surface area (Å²) in [5.41, 5.74) is 10.4. The first-order valence-electron chi connectivity index (χ1n) is 9.84. The molecule has 0 unspecified atom stereocenters. The van der Waals surface area contributed by atoms with Gasteiger partial charge in [-0.15, -0.1) is 11.3 Å². The van der Waals surface area contributed by atoms with Crippen LogP contribution in [0.4, 0.5) is 0 Å². The van der Waals surface area contributed by atoms with Crippen LogP contribution in [0, 0.1) is 24.7 Å². The number of amides is 1. The van der Waals surface area contributed by atoms with Gasteiger partial charge < -0.3 is 15.7 Å². The number of hydrogen-bond donors (Lipinski definition) is 3. The lowest BCUT2D eigenvalue weighted by atomic mass is 10.2. The van der Waals surface area contributed by atoms with Gasteiger partial charge in [0.05, 0.1) is 11.0 Å². The summed E-state index contributed by atoms with van der Waals surface area (Å²) in [5, 5.41) is 2.63. The van der Waals surface area contributed by atoms with Crippen LogP contribution in [-0.2, 0) is 0 Å². The minimum absolute atomic E-state index is 0.204. The Bertz CT molecular complexity index is 1660. The lowest BCUT2D eigenvalue weighted by molar-refractivity contribution is 0.100. The number of aromatic nitrogens is 5. The zero-order chi connectivity index (χ0) is 21.3. The Morgan fingerprint density at radius 2 is 2.16 bits per heavy atom. The third-order valence-electron chi connectivity index (χ3n) is 5.52. The number of imidazole rings is 1. The molecule has 1 aliphatic carbocycles. The van der Waals surface area contributed by atoms with Gasteiger partial charge in [0.2, 0.25) is 5.43 Å². The molecule has 8 nitrogen and oxygen atoms in total. The first kappa shape index (κ1) is 17.9. The quantitative estimate of drug-likeness (QED) is 0.374. The highest BCUT2D eigenvalue weighted by Crippen LogP contribution is 2.33. The zero-order valence-corrected chi connectivity index (χ0v) is 17.3. The molecular weight excluding hydrogens is 412 g/mol. The van der Waals surface area contributed by atoms with Crippen LogP contribution in [0.1, 0.15) is 34.5 Å². The van der Waals surface area contributed by atoms with Gasteiger partial charge in [-0.25, -0.2) is 9.97 Å². The number of nitrogens with two attached hydrogens (primary N) is 1. The highest BCUT2D eigenvalue weighted by Gasteiger charge is 2.25. The van der Waals surface area contributed by atoms with Gasteiger partial charge in [-0.2, -0.15) is 0 Å². The summed E-state index contributed by atoms with van der Waals surface area (Å²) >= 11 is 1.47. The topological polar surface area (TPSA) is 122 Å². The first-order chi connectivity index (χ1) is 15.0. The van der Waals surface area contributed by atoms with Crippen LogP contribution in [0.2, 0.25) is 0 Å². The summed E-state index contributed by atoms with van der Waals surface area (Å²) in [6.45, 7) is 1.90. The molecule has 4 aromatic heterocycles. The maximum atomic E-state index is 12.5. The number of fused-ring (bicyclic) bond motifs is 5. The molecule has 1 amide bonds. The van der Waals surface area contributed by atoms with Gasteiger partial charge in [0.1, 0.15) is 33.1 Å². The Labute approximate surface area is 179 Å². The van der Waals surface area contributed by atoms with Crippen LogP contribution in [0.5, 0.6) is 0 Å². The van der Waals surface area contributed by atoms with E-state index in [1.54, 1.807) is 16.7 Å². The van der Waals surface area contributed by atoms with Gasteiger partial charge in [-0.05, 0) is 37.3 Å². The summed E-state index contributed by atoms with van der Waals surface area (Å²) in [7, 11) is 0. The SMILES string of the molecule is Cc1ccc(=O)c2nc3c(C(N)=O)c4[nH]c(-c5nccs5)c(C#CC5CC5)[nH]c4n3c12. The number of thiazole rings is 1. The van der Waals surface area contributed by atoms with E-state index in [0.717, 1.165) is 23.4 Å². The van der Waals surface area contributed by atoms with E-state index in [1.165, 1.54) is 17.4 Å². The summed E-state index contributed by atoms with van der Waals surface area (Å²) in [5.74, 6) is 6.30. The smallest absolute Gasteiger partial charge is 0.254 e. The maximum Gasteiger partial charge on any atom is 0.254 e. The van der Waals surface area contributed by atoms with Crippen molar-refractivity contribution in [3.63, 3.8) is 0 Å². The molecule has 31 heavy (non-hydrogen) atoms. The van der Waals surface area contributed by atoms with Gasteiger partial charge in [-0.1, -0.05) is 12.0 Å². The monoisotopic (exact) mass is 428 g/mol. The van der Waals surface area contributed by atoms with Crippen LogP contribution < -0.4 is 11.2 Å². The molecule has 1 fully saturated rings. The molecule has 1 aromatic carbocycles. The van der Waals surface area contributed by atoms with Crippen LogP contribution in [-0.4, -0.2) is 30.2 Å². The van der Waals surface area contributed by atoms with Crippen molar-refractivity contribution in [3.8, 4) is 22.5 Å². The Hall–Kier alpha value is -3.90. The molecule has 1 saturated carbocycles. The third-order valence-corrected chi connectivity index (χ3v) is 6.31. The minimum Gasteiger partial charge on any atom is -0.365 e. The van der Waals surface area contributed by atoms with E-state index in [9.17, 15) is 9.59 Å². The average molecular weight is 428 g/mol. The molecule has 6 rings (SSSR count). The van der Waals surface area contributed by atoms with E-state index >= 15 is 0 Å². The lowest BCUT2D eigenvalue weighted by Crippen LogP contribution is -2.11. The van der Waals surface area contributed by atoms with Gasteiger partial charge in [-0.3, -0.25) is 14.0 Å². The highest BCUT2D eigenvalue weighted by atomic mass is 32.1. The fourth-order valence-corrected chi connectivity index (χ4v) is 4.53. The van der Waals surface area contributed by atoms with Crippen molar-refractivity contribution in [2.45, 2.75) is 19.8 Å². The van der Waals surface area contributed by atoms with Crippen LogP contribution in [0.25, 0.3) is 38.5 Å². The molecule has 5 aromatic rings. The van der Waals surface area contributed by atoms with Gasteiger partial charge in [0.25, 0.3) is 5.91 Å². The molecule has 0 bridgehead atoms. The molecule has 1 aliphatic rings. The normalized spacial score (nSPS) is 13.7. The van der Waals surface area contributed by atoms with E-state index in [2.05, 4.69) is 31.8 Å². The van der Waals surface area contributed by atoms with Crippen molar-refractivity contribution in [2.24, 2.45) is 11.7 Å². The fraction of sp³-hybridized carbons (Fsp3) is 0.182. The van der Waals surface area contributed by atoms with E-state index < -0.39 is 5.91 Å². The number of hydrogen-bond acceptors (Lipinski definition) is 5. The number of H-pyrrole nitrogens is 2. The first-order valence-corrected chi connectivity index (χ1v) is 10.7. The minimum atomic E-state index is -0.632. The number of aryl methyl sites for hydroxylation is 1. The van der Waals surface area contributed by atoms with Crippen molar-refractivity contribution in [1.29, 1.82) is 0 Å². The van der Waals surface area contributed by atoms with E-state index in [0.29, 0.717) is 45.2 Å². The van der Waals surface area contributed by atoms with E-state index in [1.807, 2.05) is 12.3 Å². The third kappa shape index (κ3) is 2.62. The summed E-state index contributed by atoms with van der Waals surface area (Å²) in [6, 6.07) is 3.24. The van der Waals surface area contributed by atoms with E-state index in [4.69, 9.17) is 5.73 Å². The number of aromatic amines is 2. The average Bonchev–Trinajstić information content (AvgIpc) is 3.14. The molecule has 152 valence electrons. The number of primary amides is 1. The molecule has 0 spiro atoms. The predicted molar refractivity (Wildman–Crippen MR) is 119 cm³/mol. The molecule has 0 aliphatic heterocycles. The second kappa shape index (κ2) is 6.30.